The van der Waals surface area contributed by atoms with Gasteiger partial charge in [-0.3, -0.25) is 0 Å². The van der Waals surface area contributed by atoms with E-state index in [0.29, 0.717) is 26.2 Å². The van der Waals surface area contributed by atoms with Crippen LogP contribution in [0.5, 0.6) is 0 Å². The number of hydrogen-bond acceptors (Lipinski definition) is 3. The zero-order chi connectivity index (χ0) is 10.9. The third-order valence-corrected chi connectivity index (χ3v) is 1.75. The first-order valence-corrected chi connectivity index (χ1v) is 5.27. The average Bonchev–Trinajstić information content (AvgIpc) is 2.16. The van der Waals surface area contributed by atoms with E-state index in [4.69, 9.17) is 14.2 Å². The van der Waals surface area contributed by atoms with E-state index >= 15 is 0 Å². The van der Waals surface area contributed by atoms with E-state index in [9.17, 15) is 0 Å². The first-order chi connectivity index (χ1) is 6.74. The van der Waals surface area contributed by atoms with Gasteiger partial charge in [0.1, 0.15) is 0 Å². The summed E-state index contributed by atoms with van der Waals surface area (Å²) < 4.78 is 16.6. The van der Waals surface area contributed by atoms with Gasteiger partial charge in [0, 0.05) is 26.2 Å². The molecule has 0 aromatic carbocycles. The Kier molecular flexibility index (Phi) is 7.76. The van der Waals surface area contributed by atoms with Crippen molar-refractivity contribution in [2.45, 2.75) is 39.6 Å². The van der Waals surface area contributed by atoms with Crippen LogP contribution in [0, 0.1) is 0 Å². The van der Waals surface area contributed by atoms with Crippen LogP contribution in [0.4, 0.5) is 0 Å². The monoisotopic (exact) mass is 202 g/mol. The molecule has 3 nitrogen and oxygen atoms in total. The van der Waals surface area contributed by atoms with Gasteiger partial charge in [-0.05, 0) is 27.2 Å². The van der Waals surface area contributed by atoms with Crippen molar-refractivity contribution in [1.29, 1.82) is 0 Å². The van der Waals surface area contributed by atoms with Crippen LogP contribution in [-0.2, 0) is 14.2 Å². The predicted molar refractivity (Wildman–Crippen MR) is 57.0 cm³/mol. The van der Waals surface area contributed by atoms with E-state index in [1.165, 1.54) is 0 Å². The van der Waals surface area contributed by atoms with Crippen LogP contribution in [0.15, 0.2) is 12.7 Å². The summed E-state index contributed by atoms with van der Waals surface area (Å²) in [6, 6.07) is 0. The van der Waals surface area contributed by atoms with Gasteiger partial charge in [-0.2, -0.15) is 0 Å². The van der Waals surface area contributed by atoms with Crippen LogP contribution in [0.3, 0.4) is 0 Å². The van der Waals surface area contributed by atoms with Gasteiger partial charge in [-0.1, -0.05) is 6.08 Å². The van der Waals surface area contributed by atoms with Gasteiger partial charge in [0.25, 0.3) is 5.97 Å². The number of ether oxygens (including phenoxy) is 3. The SMILES string of the molecule is C=CCCC(OCC)(OCC)OCC. The molecular formula is C11H22O3. The van der Waals surface area contributed by atoms with Gasteiger partial charge in [0.05, 0.1) is 0 Å². The summed E-state index contributed by atoms with van der Waals surface area (Å²) in [6.07, 6.45) is 3.35. The molecule has 0 amide bonds. The summed E-state index contributed by atoms with van der Waals surface area (Å²) >= 11 is 0. The molecule has 0 aliphatic heterocycles. The average molecular weight is 202 g/mol. The topological polar surface area (TPSA) is 27.7 Å². The molecule has 0 unspecified atom stereocenters. The Bertz CT molecular complexity index is 128. The minimum atomic E-state index is -0.869. The maximum atomic E-state index is 5.52. The zero-order valence-electron chi connectivity index (χ0n) is 9.54. The first kappa shape index (κ1) is 13.6. The summed E-state index contributed by atoms with van der Waals surface area (Å²) in [5.41, 5.74) is 0. The highest BCUT2D eigenvalue weighted by molar-refractivity contribution is 4.70. The molecule has 84 valence electrons. The molecule has 0 atom stereocenters. The van der Waals surface area contributed by atoms with Gasteiger partial charge >= 0.3 is 0 Å². The predicted octanol–water partition coefficient (Wildman–Crippen LogP) is 2.72. The fourth-order valence-electron chi connectivity index (χ4n) is 1.28. The normalized spacial score (nSPS) is 11.6. The largest absolute Gasteiger partial charge is 0.328 e. The van der Waals surface area contributed by atoms with Gasteiger partial charge in [-0.15, -0.1) is 6.58 Å². The van der Waals surface area contributed by atoms with Gasteiger partial charge < -0.3 is 14.2 Å². The van der Waals surface area contributed by atoms with Crippen molar-refractivity contribution >= 4 is 0 Å². The fourth-order valence-corrected chi connectivity index (χ4v) is 1.28. The van der Waals surface area contributed by atoms with Gasteiger partial charge in [0.15, 0.2) is 0 Å². The smallest absolute Gasteiger partial charge is 0.283 e. The van der Waals surface area contributed by atoms with Crippen LogP contribution in [0.25, 0.3) is 0 Å². The van der Waals surface area contributed by atoms with Crippen molar-refractivity contribution in [3.05, 3.63) is 12.7 Å². The summed E-state index contributed by atoms with van der Waals surface area (Å²) in [7, 11) is 0. The van der Waals surface area contributed by atoms with Crippen molar-refractivity contribution in [2.24, 2.45) is 0 Å². The molecule has 0 saturated heterocycles. The Morgan fingerprint density at radius 1 is 1.00 bits per heavy atom. The number of allylic oxidation sites excluding steroid dienone is 1. The Hall–Kier alpha value is -0.380. The summed E-state index contributed by atoms with van der Waals surface area (Å²) in [5.74, 6) is -0.869. The highest BCUT2D eigenvalue weighted by Crippen LogP contribution is 2.22. The van der Waals surface area contributed by atoms with E-state index < -0.39 is 5.97 Å². The van der Waals surface area contributed by atoms with Crippen molar-refractivity contribution in [3.8, 4) is 0 Å². The van der Waals surface area contributed by atoms with Crippen LogP contribution >= 0.6 is 0 Å². The third-order valence-electron chi connectivity index (χ3n) is 1.75. The van der Waals surface area contributed by atoms with Crippen molar-refractivity contribution in [1.82, 2.24) is 0 Å². The highest BCUT2D eigenvalue weighted by atomic mass is 16.9. The minimum Gasteiger partial charge on any atom is -0.328 e. The van der Waals surface area contributed by atoms with Gasteiger partial charge in [-0.25, -0.2) is 0 Å². The van der Waals surface area contributed by atoms with Crippen LogP contribution < -0.4 is 0 Å². The van der Waals surface area contributed by atoms with Crippen LogP contribution in [-0.4, -0.2) is 25.8 Å². The van der Waals surface area contributed by atoms with E-state index in [2.05, 4.69) is 6.58 Å². The van der Waals surface area contributed by atoms with Crippen LogP contribution in [0.2, 0.25) is 0 Å². The molecule has 0 saturated carbocycles. The molecule has 0 aromatic rings. The molecule has 0 aliphatic carbocycles. The van der Waals surface area contributed by atoms with E-state index in [0.717, 1.165) is 6.42 Å². The van der Waals surface area contributed by atoms with Crippen molar-refractivity contribution in [2.75, 3.05) is 19.8 Å². The summed E-state index contributed by atoms with van der Waals surface area (Å²) in [5, 5.41) is 0. The molecule has 0 heterocycles. The second-order valence-corrected chi connectivity index (χ2v) is 2.81. The van der Waals surface area contributed by atoms with E-state index in [-0.39, 0.29) is 0 Å². The van der Waals surface area contributed by atoms with Crippen LogP contribution in [0.1, 0.15) is 33.6 Å². The number of rotatable bonds is 9. The van der Waals surface area contributed by atoms with E-state index in [1.807, 2.05) is 26.8 Å². The molecule has 0 aromatic heterocycles. The molecule has 14 heavy (non-hydrogen) atoms. The quantitative estimate of drug-likeness (QED) is 0.425. The summed E-state index contributed by atoms with van der Waals surface area (Å²) in [6.45, 7) is 11.2. The lowest BCUT2D eigenvalue weighted by Gasteiger charge is -2.32. The van der Waals surface area contributed by atoms with E-state index in [1.54, 1.807) is 0 Å². The maximum Gasteiger partial charge on any atom is 0.283 e. The molecule has 0 radical (unpaired) electrons. The third kappa shape index (κ3) is 4.74. The Morgan fingerprint density at radius 2 is 1.43 bits per heavy atom. The second kappa shape index (κ2) is 7.97. The molecule has 3 heteroatoms. The lowest BCUT2D eigenvalue weighted by Crippen LogP contribution is -2.39. The zero-order valence-corrected chi connectivity index (χ0v) is 9.54. The first-order valence-electron chi connectivity index (χ1n) is 5.27. The molecule has 0 rings (SSSR count). The Morgan fingerprint density at radius 3 is 1.71 bits per heavy atom. The lowest BCUT2D eigenvalue weighted by molar-refractivity contribution is -0.379. The molecular weight excluding hydrogens is 180 g/mol. The van der Waals surface area contributed by atoms with Gasteiger partial charge in [0.2, 0.25) is 0 Å². The minimum absolute atomic E-state index is 0.580. The molecule has 0 bridgehead atoms. The molecule has 0 N–H and O–H groups in total. The summed E-state index contributed by atoms with van der Waals surface area (Å²) in [4.78, 5) is 0. The Balaban J connectivity index is 4.28. The molecule has 0 fully saturated rings. The fraction of sp³-hybridized carbons (Fsp3) is 0.818. The maximum absolute atomic E-state index is 5.52. The second-order valence-electron chi connectivity index (χ2n) is 2.81. The molecule has 0 aliphatic rings. The highest BCUT2D eigenvalue weighted by Gasteiger charge is 2.31. The molecule has 0 spiro atoms. The lowest BCUT2D eigenvalue weighted by atomic mass is 10.2. The van der Waals surface area contributed by atoms with Crippen molar-refractivity contribution in [3.63, 3.8) is 0 Å². The Labute approximate surface area is 87.0 Å². The standard InChI is InChI=1S/C11H22O3/c1-5-9-10-11(12-6-2,13-7-3)14-8-4/h5H,1,6-10H2,2-4H3. The van der Waals surface area contributed by atoms with Crippen molar-refractivity contribution < 1.29 is 14.2 Å². The number of hydrogen-bond donors (Lipinski definition) is 0.